The number of rotatable bonds is 4. The fourth-order valence-electron chi connectivity index (χ4n) is 3.65. The fraction of sp³-hybridized carbons (Fsp3) is 0.647. The molecular formula is C17H28N2. The minimum Gasteiger partial charge on any atom is -0.330 e. The molecular weight excluding hydrogens is 232 g/mol. The maximum absolute atomic E-state index is 6.06. The summed E-state index contributed by atoms with van der Waals surface area (Å²) in [7, 11) is 0. The van der Waals surface area contributed by atoms with E-state index in [-0.39, 0.29) is 0 Å². The maximum atomic E-state index is 6.06. The molecule has 2 rings (SSSR count). The third-order valence-corrected chi connectivity index (χ3v) is 4.51. The van der Waals surface area contributed by atoms with Crippen molar-refractivity contribution in [2.24, 2.45) is 11.7 Å². The second kappa shape index (κ2) is 6.53. The van der Waals surface area contributed by atoms with Gasteiger partial charge in [-0.25, -0.2) is 0 Å². The summed E-state index contributed by atoms with van der Waals surface area (Å²) in [6, 6.07) is 7.18. The molecule has 1 heterocycles. The first kappa shape index (κ1) is 14.5. The minimum absolute atomic E-state index is 0.528. The Labute approximate surface area is 118 Å². The van der Waals surface area contributed by atoms with E-state index in [9.17, 15) is 0 Å². The van der Waals surface area contributed by atoms with E-state index in [2.05, 4.69) is 43.9 Å². The maximum Gasteiger partial charge on any atom is 0.0393 e. The van der Waals surface area contributed by atoms with Crippen molar-refractivity contribution < 1.29 is 0 Å². The van der Waals surface area contributed by atoms with Crippen LogP contribution in [0.2, 0.25) is 0 Å². The van der Waals surface area contributed by atoms with E-state index < -0.39 is 0 Å². The first-order valence-electron chi connectivity index (χ1n) is 7.69. The van der Waals surface area contributed by atoms with Crippen LogP contribution in [0, 0.1) is 19.8 Å². The second-order valence-electron chi connectivity index (χ2n) is 5.92. The van der Waals surface area contributed by atoms with E-state index in [0.717, 1.165) is 6.54 Å². The highest BCUT2D eigenvalue weighted by molar-refractivity contribution is 5.37. The number of nitrogens with two attached hydrogens (primary N) is 1. The molecule has 1 aromatic carbocycles. The van der Waals surface area contributed by atoms with Crippen molar-refractivity contribution in [1.82, 2.24) is 4.90 Å². The standard InChI is InChI=1S/C17H28N2/c1-4-10-19-11-6-9-15(12-18)17(19)16-13(2)7-5-8-14(16)3/h5,7-8,15,17H,4,6,9-12,18H2,1-3H3. The fourth-order valence-corrected chi connectivity index (χ4v) is 3.65. The Morgan fingerprint density at radius 1 is 1.26 bits per heavy atom. The summed E-state index contributed by atoms with van der Waals surface area (Å²) in [6.45, 7) is 9.98. The number of benzene rings is 1. The molecule has 2 N–H and O–H groups in total. The smallest absolute Gasteiger partial charge is 0.0393 e. The van der Waals surface area contributed by atoms with Gasteiger partial charge >= 0.3 is 0 Å². The van der Waals surface area contributed by atoms with Crippen LogP contribution in [0.4, 0.5) is 0 Å². The van der Waals surface area contributed by atoms with Crippen LogP contribution >= 0.6 is 0 Å². The van der Waals surface area contributed by atoms with Crippen LogP contribution in [0.15, 0.2) is 18.2 Å². The lowest BCUT2D eigenvalue weighted by molar-refractivity contribution is 0.0951. The van der Waals surface area contributed by atoms with Crippen molar-refractivity contribution in [3.8, 4) is 0 Å². The molecule has 19 heavy (non-hydrogen) atoms. The van der Waals surface area contributed by atoms with E-state index in [4.69, 9.17) is 5.73 Å². The Bertz CT molecular complexity index is 391. The van der Waals surface area contributed by atoms with Gasteiger partial charge < -0.3 is 5.73 Å². The highest BCUT2D eigenvalue weighted by atomic mass is 15.2. The van der Waals surface area contributed by atoms with Gasteiger partial charge in [0.2, 0.25) is 0 Å². The van der Waals surface area contributed by atoms with E-state index in [1.54, 1.807) is 0 Å². The summed E-state index contributed by atoms with van der Waals surface area (Å²) in [4.78, 5) is 2.66. The van der Waals surface area contributed by atoms with Crippen LogP contribution in [-0.2, 0) is 0 Å². The summed E-state index contributed by atoms with van der Waals surface area (Å²) >= 11 is 0. The molecule has 2 heteroatoms. The molecule has 0 spiro atoms. The van der Waals surface area contributed by atoms with Gasteiger partial charge in [-0.1, -0.05) is 25.1 Å². The molecule has 0 amide bonds. The number of piperidine rings is 1. The van der Waals surface area contributed by atoms with Gasteiger partial charge in [0.1, 0.15) is 0 Å². The molecule has 0 aromatic heterocycles. The first-order chi connectivity index (χ1) is 9.19. The Morgan fingerprint density at radius 3 is 2.53 bits per heavy atom. The monoisotopic (exact) mass is 260 g/mol. The normalized spacial score (nSPS) is 24.6. The molecule has 1 aliphatic rings. The van der Waals surface area contributed by atoms with Gasteiger partial charge in [0.25, 0.3) is 0 Å². The molecule has 0 radical (unpaired) electrons. The SMILES string of the molecule is CCCN1CCCC(CN)C1c1c(C)cccc1C. The van der Waals surface area contributed by atoms with Crippen LogP contribution in [0.3, 0.4) is 0 Å². The van der Waals surface area contributed by atoms with E-state index >= 15 is 0 Å². The Kier molecular flexibility index (Phi) is 5.00. The zero-order valence-corrected chi connectivity index (χ0v) is 12.7. The van der Waals surface area contributed by atoms with Crippen molar-refractivity contribution in [2.75, 3.05) is 19.6 Å². The number of nitrogens with zero attached hydrogens (tertiary/aromatic N) is 1. The molecule has 1 fully saturated rings. The lowest BCUT2D eigenvalue weighted by Crippen LogP contribution is -2.42. The third-order valence-electron chi connectivity index (χ3n) is 4.51. The van der Waals surface area contributed by atoms with Gasteiger partial charge in [0.15, 0.2) is 0 Å². The Balaban J connectivity index is 2.39. The third kappa shape index (κ3) is 3.01. The van der Waals surface area contributed by atoms with Crippen molar-refractivity contribution in [3.63, 3.8) is 0 Å². The van der Waals surface area contributed by atoms with Gasteiger partial charge in [-0.2, -0.15) is 0 Å². The summed E-state index contributed by atoms with van der Waals surface area (Å²) in [5.74, 6) is 0.611. The second-order valence-corrected chi connectivity index (χ2v) is 5.92. The molecule has 1 aliphatic heterocycles. The Morgan fingerprint density at radius 2 is 1.95 bits per heavy atom. The lowest BCUT2D eigenvalue weighted by atomic mass is 9.81. The predicted molar refractivity (Wildman–Crippen MR) is 82.3 cm³/mol. The van der Waals surface area contributed by atoms with Crippen molar-refractivity contribution >= 4 is 0 Å². The minimum atomic E-state index is 0.528. The molecule has 1 aromatic rings. The predicted octanol–water partition coefficient (Wildman–Crippen LogP) is 3.43. The highest BCUT2D eigenvalue weighted by Gasteiger charge is 2.32. The summed E-state index contributed by atoms with van der Waals surface area (Å²) in [6.07, 6.45) is 3.79. The van der Waals surface area contributed by atoms with Crippen LogP contribution in [-0.4, -0.2) is 24.5 Å². The van der Waals surface area contributed by atoms with Gasteiger partial charge in [-0.15, -0.1) is 0 Å². The molecule has 106 valence electrons. The lowest BCUT2D eigenvalue weighted by Gasteiger charge is -2.42. The van der Waals surface area contributed by atoms with Crippen molar-refractivity contribution in [3.05, 3.63) is 34.9 Å². The summed E-state index contributed by atoms with van der Waals surface area (Å²) < 4.78 is 0. The van der Waals surface area contributed by atoms with E-state index in [1.807, 2.05) is 0 Å². The molecule has 1 saturated heterocycles. The van der Waals surface area contributed by atoms with E-state index in [0.29, 0.717) is 12.0 Å². The number of hydrogen-bond acceptors (Lipinski definition) is 2. The van der Waals surface area contributed by atoms with Gasteiger partial charge in [0, 0.05) is 6.04 Å². The largest absolute Gasteiger partial charge is 0.330 e. The molecule has 0 saturated carbocycles. The molecule has 2 unspecified atom stereocenters. The average Bonchev–Trinajstić information content (AvgIpc) is 2.40. The zero-order valence-electron chi connectivity index (χ0n) is 12.7. The Hall–Kier alpha value is -0.860. The number of hydrogen-bond donors (Lipinski definition) is 1. The van der Waals surface area contributed by atoms with Gasteiger partial charge in [-0.3, -0.25) is 4.90 Å². The van der Waals surface area contributed by atoms with Gasteiger partial charge in [0.05, 0.1) is 0 Å². The molecule has 2 nitrogen and oxygen atoms in total. The molecule has 0 aliphatic carbocycles. The molecule has 2 atom stereocenters. The quantitative estimate of drug-likeness (QED) is 0.898. The summed E-state index contributed by atoms with van der Waals surface area (Å²) in [5.41, 5.74) is 10.4. The van der Waals surface area contributed by atoms with Crippen molar-refractivity contribution in [1.29, 1.82) is 0 Å². The van der Waals surface area contributed by atoms with Crippen LogP contribution in [0.1, 0.15) is 48.9 Å². The number of likely N-dealkylation sites (tertiary alicyclic amines) is 1. The summed E-state index contributed by atoms with van der Waals surface area (Å²) in [5, 5.41) is 0. The first-order valence-corrected chi connectivity index (χ1v) is 7.69. The zero-order chi connectivity index (χ0) is 13.8. The van der Waals surface area contributed by atoms with Crippen LogP contribution in [0.25, 0.3) is 0 Å². The molecule has 0 bridgehead atoms. The van der Waals surface area contributed by atoms with E-state index in [1.165, 1.54) is 49.0 Å². The van der Waals surface area contributed by atoms with Crippen molar-refractivity contribution in [2.45, 2.75) is 46.1 Å². The number of aryl methyl sites for hydroxylation is 2. The van der Waals surface area contributed by atoms with Gasteiger partial charge in [-0.05, 0) is 75.4 Å². The highest BCUT2D eigenvalue weighted by Crippen LogP contribution is 2.38. The van der Waals surface area contributed by atoms with Crippen LogP contribution < -0.4 is 5.73 Å². The topological polar surface area (TPSA) is 29.3 Å². The average molecular weight is 260 g/mol. The van der Waals surface area contributed by atoms with Crippen LogP contribution in [0.5, 0.6) is 0 Å².